The zero-order valence-electron chi connectivity index (χ0n) is 11.9. The molecule has 1 amide bonds. The van der Waals surface area contributed by atoms with Crippen molar-refractivity contribution < 1.29 is 24.2 Å². The van der Waals surface area contributed by atoms with Gasteiger partial charge in [-0.15, -0.1) is 6.58 Å². The molecule has 0 bridgehead atoms. The molecular weight excluding hydrogens is 274 g/mol. The molecule has 0 spiro atoms. The monoisotopic (exact) mass is 293 g/mol. The zero-order valence-corrected chi connectivity index (χ0v) is 11.9. The van der Waals surface area contributed by atoms with Crippen LogP contribution in [-0.4, -0.2) is 48.2 Å². The van der Waals surface area contributed by atoms with Crippen LogP contribution in [0.15, 0.2) is 36.9 Å². The third-order valence-electron chi connectivity index (χ3n) is 2.53. The first kappa shape index (κ1) is 16.6. The number of para-hydroxylation sites is 2. The minimum atomic E-state index is -1.08. The number of carbonyl (C=O) groups excluding carboxylic acids is 1. The highest BCUT2D eigenvalue weighted by atomic mass is 16.5. The summed E-state index contributed by atoms with van der Waals surface area (Å²) in [5, 5.41) is 8.77. The Morgan fingerprint density at radius 1 is 1.29 bits per heavy atom. The molecule has 6 nitrogen and oxygen atoms in total. The molecule has 21 heavy (non-hydrogen) atoms. The Morgan fingerprint density at radius 2 is 1.90 bits per heavy atom. The lowest BCUT2D eigenvalue weighted by atomic mass is 10.3. The number of carbonyl (C=O) groups is 2. The quantitative estimate of drug-likeness (QED) is 0.699. The summed E-state index contributed by atoms with van der Waals surface area (Å²) in [5.41, 5.74) is 0. The van der Waals surface area contributed by atoms with Crippen LogP contribution in [0.25, 0.3) is 0 Å². The Labute approximate surface area is 123 Å². The Morgan fingerprint density at radius 3 is 2.43 bits per heavy atom. The molecule has 0 aromatic heterocycles. The van der Waals surface area contributed by atoms with Gasteiger partial charge in [0.15, 0.2) is 18.1 Å². The maximum Gasteiger partial charge on any atom is 0.323 e. The van der Waals surface area contributed by atoms with Crippen LogP contribution in [0.2, 0.25) is 0 Å². The van der Waals surface area contributed by atoms with Gasteiger partial charge < -0.3 is 19.5 Å². The van der Waals surface area contributed by atoms with Crippen molar-refractivity contribution in [3.05, 3.63) is 36.9 Å². The number of carboxylic acid groups (broad SMARTS) is 1. The number of ether oxygens (including phenoxy) is 2. The van der Waals surface area contributed by atoms with E-state index < -0.39 is 11.9 Å². The largest absolute Gasteiger partial charge is 0.490 e. The van der Waals surface area contributed by atoms with E-state index in [2.05, 4.69) is 6.58 Å². The van der Waals surface area contributed by atoms with Gasteiger partial charge in [-0.2, -0.15) is 0 Å². The number of nitrogens with zero attached hydrogens (tertiary/aromatic N) is 1. The summed E-state index contributed by atoms with van der Waals surface area (Å²) in [6.07, 6.45) is 1.47. The molecule has 0 aliphatic rings. The van der Waals surface area contributed by atoms with E-state index in [0.717, 1.165) is 4.90 Å². The van der Waals surface area contributed by atoms with Crippen molar-refractivity contribution in [2.45, 2.75) is 6.92 Å². The first-order valence-electron chi connectivity index (χ1n) is 6.53. The molecule has 0 saturated carbocycles. The normalized spacial score (nSPS) is 9.76. The van der Waals surface area contributed by atoms with E-state index in [9.17, 15) is 9.59 Å². The molecule has 1 rings (SSSR count). The summed E-state index contributed by atoms with van der Waals surface area (Å²) in [6, 6.07) is 6.99. The summed E-state index contributed by atoms with van der Waals surface area (Å²) in [4.78, 5) is 23.8. The Hall–Kier alpha value is -2.50. The molecule has 0 radical (unpaired) electrons. The van der Waals surface area contributed by atoms with Crippen LogP contribution >= 0.6 is 0 Å². The smallest absolute Gasteiger partial charge is 0.323 e. The molecule has 6 heteroatoms. The number of amides is 1. The van der Waals surface area contributed by atoms with Crippen LogP contribution < -0.4 is 9.47 Å². The summed E-state index contributed by atoms with van der Waals surface area (Å²) in [6.45, 7) is 5.34. The van der Waals surface area contributed by atoms with Crippen LogP contribution in [0.4, 0.5) is 0 Å². The fraction of sp³-hybridized carbons (Fsp3) is 0.333. The lowest BCUT2D eigenvalue weighted by Gasteiger charge is -2.19. The second-order valence-electron chi connectivity index (χ2n) is 4.13. The van der Waals surface area contributed by atoms with E-state index in [1.54, 1.807) is 24.3 Å². The van der Waals surface area contributed by atoms with Crippen molar-refractivity contribution in [3.63, 3.8) is 0 Å². The second-order valence-corrected chi connectivity index (χ2v) is 4.13. The lowest BCUT2D eigenvalue weighted by Crippen LogP contribution is -2.38. The fourth-order valence-electron chi connectivity index (χ4n) is 1.65. The highest BCUT2D eigenvalue weighted by molar-refractivity contribution is 5.82. The van der Waals surface area contributed by atoms with Crippen LogP contribution in [0, 0.1) is 0 Å². The van der Waals surface area contributed by atoms with Crippen molar-refractivity contribution in [1.82, 2.24) is 4.90 Å². The SMILES string of the molecule is C=CCN(CC(=O)O)C(=O)COc1ccccc1OCC. The second kappa shape index (κ2) is 8.63. The average molecular weight is 293 g/mol. The molecule has 0 fully saturated rings. The minimum Gasteiger partial charge on any atom is -0.490 e. The highest BCUT2D eigenvalue weighted by Crippen LogP contribution is 2.26. The van der Waals surface area contributed by atoms with E-state index >= 15 is 0 Å². The van der Waals surface area contributed by atoms with E-state index in [0.29, 0.717) is 18.1 Å². The number of aliphatic carboxylic acids is 1. The van der Waals surface area contributed by atoms with Crippen LogP contribution in [0.5, 0.6) is 11.5 Å². The van der Waals surface area contributed by atoms with Crippen molar-refractivity contribution in [2.24, 2.45) is 0 Å². The molecule has 0 aliphatic carbocycles. The van der Waals surface area contributed by atoms with Gasteiger partial charge in [-0.3, -0.25) is 9.59 Å². The predicted molar refractivity (Wildman–Crippen MR) is 77.5 cm³/mol. The molecular formula is C15H19NO5. The first-order valence-corrected chi connectivity index (χ1v) is 6.53. The number of hydrogen-bond donors (Lipinski definition) is 1. The molecule has 0 saturated heterocycles. The number of benzene rings is 1. The van der Waals surface area contributed by atoms with Crippen LogP contribution in [-0.2, 0) is 9.59 Å². The number of carboxylic acids is 1. The van der Waals surface area contributed by atoms with E-state index in [-0.39, 0.29) is 19.7 Å². The number of hydrogen-bond acceptors (Lipinski definition) is 4. The Kier molecular flexibility index (Phi) is 6.80. The van der Waals surface area contributed by atoms with E-state index in [1.807, 2.05) is 6.92 Å². The van der Waals surface area contributed by atoms with E-state index in [4.69, 9.17) is 14.6 Å². The van der Waals surface area contributed by atoms with Crippen molar-refractivity contribution >= 4 is 11.9 Å². The molecule has 1 aromatic rings. The predicted octanol–water partition coefficient (Wildman–Crippen LogP) is 1.56. The third kappa shape index (κ3) is 5.56. The maximum absolute atomic E-state index is 12.0. The van der Waals surface area contributed by atoms with Gasteiger partial charge in [0.05, 0.1) is 6.61 Å². The molecule has 0 aliphatic heterocycles. The lowest BCUT2D eigenvalue weighted by molar-refractivity contribution is -0.144. The van der Waals surface area contributed by atoms with Crippen LogP contribution in [0.3, 0.4) is 0 Å². The zero-order chi connectivity index (χ0) is 15.7. The van der Waals surface area contributed by atoms with Crippen molar-refractivity contribution in [1.29, 1.82) is 0 Å². The third-order valence-corrected chi connectivity index (χ3v) is 2.53. The summed E-state index contributed by atoms with van der Waals surface area (Å²) in [5.74, 6) is -0.522. The molecule has 0 heterocycles. The van der Waals surface area contributed by atoms with Gasteiger partial charge in [0.1, 0.15) is 6.54 Å². The Bertz CT molecular complexity index is 501. The molecule has 114 valence electrons. The summed E-state index contributed by atoms with van der Waals surface area (Å²) < 4.78 is 10.8. The van der Waals surface area contributed by atoms with E-state index in [1.165, 1.54) is 6.08 Å². The Balaban J connectivity index is 2.66. The van der Waals surface area contributed by atoms with Gasteiger partial charge >= 0.3 is 5.97 Å². The first-order chi connectivity index (χ1) is 10.1. The van der Waals surface area contributed by atoms with Crippen LogP contribution in [0.1, 0.15) is 6.92 Å². The average Bonchev–Trinajstić information content (AvgIpc) is 2.45. The fourth-order valence-corrected chi connectivity index (χ4v) is 1.65. The summed E-state index contributed by atoms with van der Waals surface area (Å²) >= 11 is 0. The van der Waals surface area contributed by atoms with Gasteiger partial charge in [0.25, 0.3) is 5.91 Å². The molecule has 0 unspecified atom stereocenters. The molecule has 0 atom stereocenters. The summed E-state index contributed by atoms with van der Waals surface area (Å²) in [7, 11) is 0. The standard InChI is InChI=1S/C15H19NO5/c1-3-9-16(10-15(18)19)14(17)11-21-13-8-6-5-7-12(13)20-4-2/h3,5-8H,1,4,9-11H2,2H3,(H,18,19). The molecule has 1 aromatic carbocycles. The topological polar surface area (TPSA) is 76.1 Å². The van der Waals surface area contributed by atoms with Gasteiger partial charge in [-0.25, -0.2) is 0 Å². The van der Waals surface area contributed by atoms with Gasteiger partial charge in [0, 0.05) is 6.54 Å². The maximum atomic E-state index is 12.0. The van der Waals surface area contributed by atoms with Crippen molar-refractivity contribution in [3.8, 4) is 11.5 Å². The van der Waals surface area contributed by atoms with Gasteiger partial charge in [0.2, 0.25) is 0 Å². The van der Waals surface area contributed by atoms with Gasteiger partial charge in [-0.1, -0.05) is 18.2 Å². The van der Waals surface area contributed by atoms with Crippen molar-refractivity contribution in [2.75, 3.05) is 26.3 Å². The molecule has 1 N–H and O–H groups in total. The number of rotatable bonds is 9. The van der Waals surface area contributed by atoms with Gasteiger partial charge in [-0.05, 0) is 19.1 Å². The highest BCUT2D eigenvalue weighted by Gasteiger charge is 2.16. The minimum absolute atomic E-state index is 0.154.